The van der Waals surface area contributed by atoms with Gasteiger partial charge < -0.3 is 76.9 Å². The van der Waals surface area contributed by atoms with Gasteiger partial charge in [0.1, 0.15) is 47.5 Å². The molecule has 0 unspecified atom stereocenters. The third-order valence-corrected chi connectivity index (χ3v) is 19.4. The highest BCUT2D eigenvalue weighted by molar-refractivity contribution is 5.87. The van der Waals surface area contributed by atoms with E-state index in [2.05, 4.69) is 13.0 Å². The van der Waals surface area contributed by atoms with Crippen LogP contribution < -0.4 is 0 Å². The van der Waals surface area contributed by atoms with E-state index in [9.17, 15) is 24.9 Å². The van der Waals surface area contributed by atoms with Crippen molar-refractivity contribution >= 4 is 17.8 Å². The minimum absolute atomic E-state index is 0.0868. The molecule has 426 valence electrons. The second kappa shape index (κ2) is 23.4. The van der Waals surface area contributed by atoms with Gasteiger partial charge in [-0.1, -0.05) is 55.8 Å². The summed E-state index contributed by atoms with van der Waals surface area (Å²) in [5.41, 5.74) is -3.00. The normalized spacial score (nSPS) is 47.6. The Morgan fingerprint density at radius 1 is 0.658 bits per heavy atom. The zero-order valence-corrected chi connectivity index (χ0v) is 46.4. The summed E-state index contributed by atoms with van der Waals surface area (Å²) in [5, 5.41) is 36.4. The van der Waals surface area contributed by atoms with E-state index >= 15 is 0 Å². The van der Waals surface area contributed by atoms with Gasteiger partial charge in [0.2, 0.25) is 0 Å². The Morgan fingerprint density at radius 2 is 1.16 bits per heavy atom. The van der Waals surface area contributed by atoms with Gasteiger partial charge in [0.15, 0.2) is 25.2 Å². The molecule has 0 spiro atoms. The van der Waals surface area contributed by atoms with E-state index in [4.69, 9.17) is 61.6 Å². The maximum Gasteiger partial charge on any atom is 0.331 e. The molecule has 7 fully saturated rings. The lowest BCUT2D eigenvalue weighted by atomic mass is 9.43. The molecule has 18 heteroatoms. The summed E-state index contributed by atoms with van der Waals surface area (Å²) in [5.74, 6) is -1.68. The first kappa shape index (κ1) is 57.9. The fourth-order valence-electron chi connectivity index (χ4n) is 15.1. The standard InChI is InChI=1S/C58H86O18/c1-31(59)39-21-24-58(63)56(39,7)45(73-46(60)18-17-36-15-13-12-14-16-36)30-44-55(6)22-20-38(25-37(55)19-23-57(44,58)62)72-47-27-41(65-9)52(33(3)69-47)75-49-29-43(67-11)54(35(5)71-49)76-50-28-42(66-10)53(34(4)70-50)74-48-26-40(64-8)51(61)32(2)68-48/h12-19,32-35,38-45,47-54,61-63H,20-30H2,1-11H3/t32-,33-,34-,35-,38+,39+,40-,41+,42-,43+,44-,45-,47+,48+,49+,50+,51-,52-,53-,54-,55+,56+,57+,58-/m1/s1. The molecule has 9 rings (SSSR count). The quantitative estimate of drug-likeness (QED) is 0.0966. The van der Waals surface area contributed by atoms with Gasteiger partial charge in [0.05, 0.1) is 54.9 Å². The molecule has 3 saturated carbocycles. The molecule has 4 aliphatic heterocycles. The van der Waals surface area contributed by atoms with E-state index in [1.165, 1.54) is 13.0 Å². The fourth-order valence-corrected chi connectivity index (χ4v) is 15.1. The van der Waals surface area contributed by atoms with E-state index in [1.54, 1.807) is 41.4 Å². The van der Waals surface area contributed by atoms with E-state index in [1.807, 2.05) is 58.0 Å². The van der Waals surface area contributed by atoms with Crippen LogP contribution in [-0.4, -0.2) is 177 Å². The smallest absolute Gasteiger partial charge is 0.331 e. The van der Waals surface area contributed by atoms with Crippen LogP contribution in [0, 0.1) is 22.7 Å². The molecular weight excluding hydrogens is 985 g/mol. The van der Waals surface area contributed by atoms with Gasteiger partial charge in [0.25, 0.3) is 0 Å². The van der Waals surface area contributed by atoms with Gasteiger partial charge in [-0.15, -0.1) is 0 Å². The summed E-state index contributed by atoms with van der Waals surface area (Å²) < 4.78 is 81.8. The average molecular weight is 1070 g/mol. The number of methoxy groups -OCH3 is 4. The number of carbonyl (C=O) groups is 2. The number of ketones is 1. The number of hydrogen-bond donors (Lipinski definition) is 3. The second-order valence-electron chi connectivity index (χ2n) is 23.5. The monoisotopic (exact) mass is 1070 g/mol. The number of esters is 1. The number of rotatable bonds is 16. The Hall–Kier alpha value is -2.76. The summed E-state index contributed by atoms with van der Waals surface area (Å²) in [6.45, 7) is 13.1. The van der Waals surface area contributed by atoms with Crippen LogP contribution in [0.1, 0.15) is 125 Å². The summed E-state index contributed by atoms with van der Waals surface area (Å²) in [6, 6.07) is 9.47. The van der Waals surface area contributed by atoms with Crippen molar-refractivity contribution in [3.63, 3.8) is 0 Å². The third kappa shape index (κ3) is 10.8. The molecule has 76 heavy (non-hydrogen) atoms. The highest BCUT2D eigenvalue weighted by Crippen LogP contribution is 2.70. The highest BCUT2D eigenvalue weighted by atomic mass is 16.8. The minimum Gasteiger partial charge on any atom is -0.458 e. The lowest BCUT2D eigenvalue weighted by Gasteiger charge is -2.66. The molecule has 4 aliphatic carbocycles. The van der Waals surface area contributed by atoms with Crippen molar-refractivity contribution in [2.45, 2.75) is 241 Å². The first-order chi connectivity index (χ1) is 36.2. The molecule has 4 saturated heterocycles. The van der Waals surface area contributed by atoms with Gasteiger partial charge in [-0.25, -0.2) is 4.79 Å². The van der Waals surface area contributed by atoms with Gasteiger partial charge in [0, 0.05) is 77.4 Å². The molecule has 0 bridgehead atoms. The molecule has 8 aliphatic rings. The first-order valence-corrected chi connectivity index (χ1v) is 27.8. The predicted molar refractivity (Wildman–Crippen MR) is 274 cm³/mol. The molecule has 0 aromatic heterocycles. The number of ether oxygens (including phenoxy) is 13. The SMILES string of the molecule is CO[C@H]1C[C@H](O[C@H]2CC[C@@]3(C)C(=CC[C@]4(O)[C@@H]3C[C@@H](OC(=O)C=Cc3ccccc3)[C@]3(C)[C@H](C(C)=O)CC[C@@]34O)C2)O[C@H](C)[C@H]1O[C@H]1C[C@H](OC)[C@H](O[C@H]2C[C@@H](OC)[C@H](O[C@H]3C[C@@H](OC)[C@H](O)[C@@H](C)O3)[C@@H](C)O2)[C@@H](C)O1. The summed E-state index contributed by atoms with van der Waals surface area (Å²) >= 11 is 0. The van der Waals surface area contributed by atoms with Crippen LogP contribution in [0.5, 0.6) is 0 Å². The lowest BCUT2D eigenvalue weighted by Crippen LogP contribution is -2.75. The van der Waals surface area contributed by atoms with Crippen molar-refractivity contribution in [2.24, 2.45) is 22.7 Å². The fraction of sp³-hybridized carbons (Fsp3) is 0.793. The maximum atomic E-state index is 13.6. The number of hydrogen-bond acceptors (Lipinski definition) is 18. The number of Topliss-reactive ketones (excluding diaryl/α,β-unsaturated/α-hetero) is 1. The van der Waals surface area contributed by atoms with Crippen LogP contribution in [-0.2, 0) is 71.2 Å². The van der Waals surface area contributed by atoms with Gasteiger partial charge in [-0.05, 0) is 96.6 Å². The molecule has 24 atom stereocenters. The van der Waals surface area contributed by atoms with E-state index in [-0.39, 0.29) is 36.9 Å². The largest absolute Gasteiger partial charge is 0.458 e. The Bertz CT molecular complexity index is 2210. The number of benzene rings is 1. The van der Waals surface area contributed by atoms with Crippen LogP contribution in [0.4, 0.5) is 0 Å². The number of aliphatic hydroxyl groups is 3. The van der Waals surface area contributed by atoms with Crippen molar-refractivity contribution in [2.75, 3.05) is 28.4 Å². The molecular formula is C58H86O18. The molecule has 0 radical (unpaired) electrons. The molecule has 0 amide bonds. The van der Waals surface area contributed by atoms with Crippen LogP contribution in [0.3, 0.4) is 0 Å². The molecule has 1 aromatic rings. The van der Waals surface area contributed by atoms with Crippen LogP contribution in [0.25, 0.3) is 6.08 Å². The Kier molecular flexibility index (Phi) is 17.8. The van der Waals surface area contributed by atoms with Crippen molar-refractivity contribution in [3.8, 4) is 0 Å². The van der Waals surface area contributed by atoms with Crippen molar-refractivity contribution in [1.29, 1.82) is 0 Å². The minimum atomic E-state index is -1.68. The van der Waals surface area contributed by atoms with Crippen LogP contribution >= 0.6 is 0 Å². The zero-order valence-electron chi connectivity index (χ0n) is 46.4. The van der Waals surface area contributed by atoms with Crippen molar-refractivity contribution < 1.29 is 86.5 Å². The summed E-state index contributed by atoms with van der Waals surface area (Å²) in [7, 11) is 6.52. The van der Waals surface area contributed by atoms with Gasteiger partial charge in [-0.2, -0.15) is 0 Å². The molecule has 18 nitrogen and oxygen atoms in total. The van der Waals surface area contributed by atoms with Crippen LogP contribution in [0.2, 0.25) is 0 Å². The third-order valence-electron chi connectivity index (χ3n) is 19.4. The van der Waals surface area contributed by atoms with E-state index in [0.29, 0.717) is 57.8 Å². The number of fused-ring (bicyclic) bond motifs is 5. The highest BCUT2D eigenvalue weighted by Gasteiger charge is 2.77. The van der Waals surface area contributed by atoms with Crippen LogP contribution in [0.15, 0.2) is 48.1 Å². The van der Waals surface area contributed by atoms with E-state index in [0.717, 1.165) is 11.1 Å². The second-order valence-corrected chi connectivity index (χ2v) is 23.5. The zero-order chi connectivity index (χ0) is 54.5. The Labute approximate surface area is 448 Å². The predicted octanol–water partition coefficient (Wildman–Crippen LogP) is 6.12. The van der Waals surface area contributed by atoms with E-state index < -0.39 is 132 Å². The number of aliphatic hydroxyl groups excluding tert-OH is 1. The Balaban J connectivity index is 0.802. The topological polar surface area (TPSA) is 215 Å². The Morgan fingerprint density at radius 3 is 1.67 bits per heavy atom. The maximum absolute atomic E-state index is 13.6. The number of carbonyl (C=O) groups excluding carboxylic acids is 2. The average Bonchev–Trinajstić information content (AvgIpc) is 3.82. The molecule has 1 aromatic carbocycles. The summed E-state index contributed by atoms with van der Waals surface area (Å²) in [6.07, 6.45) is 0.840. The van der Waals surface area contributed by atoms with Crippen molar-refractivity contribution in [1.82, 2.24) is 0 Å². The first-order valence-electron chi connectivity index (χ1n) is 27.8. The van der Waals surface area contributed by atoms with Gasteiger partial charge in [-0.3, -0.25) is 4.79 Å². The molecule has 4 heterocycles. The lowest BCUT2D eigenvalue weighted by molar-refractivity contribution is -0.347. The van der Waals surface area contributed by atoms with Gasteiger partial charge >= 0.3 is 5.97 Å². The molecule has 3 N–H and O–H groups in total. The van der Waals surface area contributed by atoms with Crippen molar-refractivity contribution in [3.05, 3.63) is 53.6 Å². The summed E-state index contributed by atoms with van der Waals surface area (Å²) in [4.78, 5) is 26.9.